The van der Waals surface area contributed by atoms with Crippen molar-refractivity contribution in [1.82, 2.24) is 5.32 Å². The molecule has 0 atom stereocenters. The third-order valence-corrected chi connectivity index (χ3v) is 3.38. The van der Waals surface area contributed by atoms with E-state index in [2.05, 4.69) is 10.6 Å². The molecule has 0 saturated heterocycles. The summed E-state index contributed by atoms with van der Waals surface area (Å²) in [7, 11) is 0. The molecule has 0 spiro atoms. The normalized spacial score (nSPS) is 10.1. The van der Waals surface area contributed by atoms with Gasteiger partial charge in [-0.2, -0.15) is 0 Å². The van der Waals surface area contributed by atoms with Gasteiger partial charge in [0, 0.05) is 11.6 Å². The average Bonchev–Trinajstić information content (AvgIpc) is 2.48. The zero-order valence-corrected chi connectivity index (χ0v) is 12.8. The quantitative estimate of drug-likeness (QED) is 0.787. The van der Waals surface area contributed by atoms with Crippen molar-refractivity contribution in [3.05, 3.63) is 63.6 Å². The van der Waals surface area contributed by atoms with Crippen molar-refractivity contribution in [3.8, 4) is 0 Å². The number of urea groups is 1. The van der Waals surface area contributed by atoms with Crippen LogP contribution in [0.4, 0.5) is 10.5 Å². The van der Waals surface area contributed by atoms with Crippen LogP contribution in [0.25, 0.3) is 0 Å². The van der Waals surface area contributed by atoms with E-state index >= 15 is 0 Å². The van der Waals surface area contributed by atoms with Crippen molar-refractivity contribution >= 4 is 40.9 Å². The van der Waals surface area contributed by atoms with Crippen molar-refractivity contribution in [2.24, 2.45) is 0 Å². The molecule has 5 nitrogen and oxygen atoms in total. The summed E-state index contributed by atoms with van der Waals surface area (Å²) >= 11 is 11.7. The van der Waals surface area contributed by atoms with Crippen LogP contribution in [0.15, 0.2) is 42.5 Å². The molecule has 0 radical (unpaired) electrons. The molecule has 2 aromatic carbocycles. The molecule has 0 bridgehead atoms. The highest BCUT2D eigenvalue weighted by molar-refractivity contribution is 6.36. The molecule has 2 amide bonds. The summed E-state index contributed by atoms with van der Waals surface area (Å²) in [6, 6.07) is 10.6. The van der Waals surface area contributed by atoms with E-state index in [-0.39, 0.29) is 12.1 Å². The number of benzene rings is 2. The molecule has 7 heteroatoms. The van der Waals surface area contributed by atoms with E-state index in [0.29, 0.717) is 15.7 Å². The smallest absolute Gasteiger partial charge is 0.335 e. The number of carboxylic acid groups (broad SMARTS) is 1. The predicted molar refractivity (Wildman–Crippen MR) is 85.7 cm³/mol. The van der Waals surface area contributed by atoms with Gasteiger partial charge in [0.25, 0.3) is 0 Å². The van der Waals surface area contributed by atoms with Gasteiger partial charge in [-0.1, -0.05) is 35.3 Å². The number of amides is 2. The molecule has 22 heavy (non-hydrogen) atoms. The van der Waals surface area contributed by atoms with Gasteiger partial charge in [0.2, 0.25) is 0 Å². The molecule has 0 heterocycles. The zero-order valence-electron chi connectivity index (χ0n) is 11.3. The average molecular weight is 339 g/mol. The third-order valence-electron chi connectivity index (χ3n) is 2.83. The minimum absolute atomic E-state index is 0.196. The molecule has 0 aromatic heterocycles. The standard InChI is InChI=1S/C15H12Cl2N2O3/c16-11-5-6-13(12(17)7-11)19-15(22)18-8-9-1-3-10(4-2-9)14(20)21/h1-7H,8H2,(H,20,21)(H2,18,19,22). The number of aromatic carboxylic acids is 1. The van der Waals surface area contributed by atoms with Crippen LogP contribution in [0.2, 0.25) is 10.0 Å². The second kappa shape index (κ2) is 7.15. The van der Waals surface area contributed by atoms with E-state index < -0.39 is 12.0 Å². The van der Waals surface area contributed by atoms with Crippen LogP contribution in [-0.4, -0.2) is 17.1 Å². The minimum atomic E-state index is -0.991. The second-order valence-corrected chi connectivity index (χ2v) is 5.28. The van der Waals surface area contributed by atoms with Gasteiger partial charge < -0.3 is 15.7 Å². The van der Waals surface area contributed by atoms with E-state index in [1.807, 2.05) is 0 Å². The Labute approximate surface area is 136 Å². The maximum Gasteiger partial charge on any atom is 0.335 e. The van der Waals surface area contributed by atoms with Crippen LogP contribution in [-0.2, 0) is 6.54 Å². The van der Waals surface area contributed by atoms with Gasteiger partial charge in [-0.15, -0.1) is 0 Å². The highest BCUT2D eigenvalue weighted by atomic mass is 35.5. The maximum absolute atomic E-state index is 11.8. The molecular formula is C15H12Cl2N2O3. The summed E-state index contributed by atoms with van der Waals surface area (Å²) < 4.78 is 0. The van der Waals surface area contributed by atoms with Gasteiger partial charge in [0.1, 0.15) is 0 Å². The van der Waals surface area contributed by atoms with Crippen molar-refractivity contribution in [2.75, 3.05) is 5.32 Å². The zero-order chi connectivity index (χ0) is 16.1. The highest BCUT2D eigenvalue weighted by Crippen LogP contribution is 2.25. The summed E-state index contributed by atoms with van der Waals surface area (Å²) in [6.45, 7) is 0.261. The number of anilines is 1. The van der Waals surface area contributed by atoms with E-state index in [9.17, 15) is 9.59 Å². The first-order valence-electron chi connectivity index (χ1n) is 6.28. The molecule has 0 aliphatic rings. The lowest BCUT2D eigenvalue weighted by atomic mass is 10.1. The van der Waals surface area contributed by atoms with Crippen LogP contribution in [0.5, 0.6) is 0 Å². The number of carboxylic acids is 1. The van der Waals surface area contributed by atoms with E-state index in [1.165, 1.54) is 18.2 Å². The largest absolute Gasteiger partial charge is 0.478 e. The third kappa shape index (κ3) is 4.38. The molecule has 2 rings (SSSR count). The Balaban J connectivity index is 1.91. The van der Waals surface area contributed by atoms with Crippen molar-refractivity contribution in [1.29, 1.82) is 0 Å². The number of halogens is 2. The summed E-state index contributed by atoms with van der Waals surface area (Å²) in [4.78, 5) is 22.5. The van der Waals surface area contributed by atoms with Crippen LogP contribution < -0.4 is 10.6 Å². The summed E-state index contributed by atoms with van der Waals surface area (Å²) in [5.41, 5.74) is 1.42. The molecular weight excluding hydrogens is 327 g/mol. The Morgan fingerprint density at radius 3 is 2.32 bits per heavy atom. The van der Waals surface area contributed by atoms with Crippen molar-refractivity contribution in [3.63, 3.8) is 0 Å². The summed E-state index contributed by atoms with van der Waals surface area (Å²) in [5.74, 6) is -0.991. The second-order valence-electron chi connectivity index (χ2n) is 4.43. The Bertz CT molecular complexity index is 702. The molecule has 0 aliphatic carbocycles. The molecule has 2 aromatic rings. The van der Waals surface area contributed by atoms with E-state index in [4.69, 9.17) is 28.3 Å². The lowest BCUT2D eigenvalue weighted by Crippen LogP contribution is -2.28. The molecule has 0 fully saturated rings. The lowest BCUT2D eigenvalue weighted by Gasteiger charge is -2.09. The van der Waals surface area contributed by atoms with Crippen molar-refractivity contribution < 1.29 is 14.7 Å². The van der Waals surface area contributed by atoms with E-state index in [0.717, 1.165) is 5.56 Å². The summed E-state index contributed by atoms with van der Waals surface area (Å²) in [5, 5.41) is 14.9. The first-order chi connectivity index (χ1) is 10.5. The Morgan fingerprint density at radius 2 is 1.73 bits per heavy atom. The van der Waals surface area contributed by atoms with E-state index in [1.54, 1.807) is 24.3 Å². The fourth-order valence-electron chi connectivity index (χ4n) is 1.70. The van der Waals surface area contributed by atoms with Crippen molar-refractivity contribution in [2.45, 2.75) is 6.54 Å². The van der Waals surface area contributed by atoms with Gasteiger partial charge in [-0.25, -0.2) is 9.59 Å². The number of carbonyl (C=O) groups excluding carboxylic acids is 1. The number of carbonyl (C=O) groups is 2. The van der Waals surface area contributed by atoms with Gasteiger partial charge >= 0.3 is 12.0 Å². The molecule has 114 valence electrons. The Morgan fingerprint density at radius 1 is 1.05 bits per heavy atom. The Hall–Kier alpha value is -2.24. The first-order valence-corrected chi connectivity index (χ1v) is 7.03. The fourth-order valence-corrected chi connectivity index (χ4v) is 2.16. The first kappa shape index (κ1) is 16.1. The SMILES string of the molecule is O=C(NCc1ccc(C(=O)O)cc1)Nc1ccc(Cl)cc1Cl. The highest BCUT2D eigenvalue weighted by Gasteiger charge is 2.06. The van der Waals surface area contributed by atoms with Crippen LogP contribution in [0.1, 0.15) is 15.9 Å². The number of hydrogen-bond donors (Lipinski definition) is 3. The lowest BCUT2D eigenvalue weighted by molar-refractivity contribution is 0.0697. The fraction of sp³-hybridized carbons (Fsp3) is 0.0667. The molecule has 3 N–H and O–H groups in total. The Kier molecular flexibility index (Phi) is 5.25. The molecule has 0 saturated carbocycles. The number of nitrogens with one attached hydrogen (secondary N) is 2. The summed E-state index contributed by atoms with van der Waals surface area (Å²) in [6.07, 6.45) is 0. The molecule has 0 unspecified atom stereocenters. The predicted octanol–water partition coefficient (Wildman–Crippen LogP) is 4.01. The minimum Gasteiger partial charge on any atom is -0.478 e. The van der Waals surface area contributed by atoms with Crippen LogP contribution in [0.3, 0.4) is 0 Å². The van der Waals surface area contributed by atoms with Gasteiger partial charge in [-0.3, -0.25) is 0 Å². The molecule has 0 aliphatic heterocycles. The number of hydrogen-bond acceptors (Lipinski definition) is 2. The number of rotatable bonds is 4. The van der Waals surface area contributed by atoms with Crippen LogP contribution in [0, 0.1) is 0 Å². The topological polar surface area (TPSA) is 78.4 Å². The van der Waals surface area contributed by atoms with Gasteiger partial charge in [-0.05, 0) is 35.9 Å². The maximum atomic E-state index is 11.8. The van der Waals surface area contributed by atoms with Gasteiger partial charge in [0.15, 0.2) is 0 Å². The van der Waals surface area contributed by atoms with Gasteiger partial charge in [0.05, 0.1) is 16.3 Å². The van der Waals surface area contributed by atoms with Crippen LogP contribution >= 0.6 is 23.2 Å². The monoisotopic (exact) mass is 338 g/mol.